The summed E-state index contributed by atoms with van der Waals surface area (Å²) < 4.78 is 0.833. The average Bonchev–Trinajstić information content (AvgIpc) is 2.76. The highest BCUT2D eigenvalue weighted by atomic mass is 16.5. The molecule has 4 rings (SSSR count). The molecule has 0 saturated carbocycles. The van der Waals surface area contributed by atoms with Gasteiger partial charge >= 0.3 is 0 Å². The molecule has 5 heteroatoms. The van der Waals surface area contributed by atoms with E-state index in [1.54, 1.807) is 12.3 Å². The van der Waals surface area contributed by atoms with Crippen molar-refractivity contribution >= 4 is 5.91 Å². The molecule has 2 unspecified atom stereocenters. The Morgan fingerprint density at radius 3 is 2.40 bits per heavy atom. The molecule has 30 heavy (non-hydrogen) atoms. The molecule has 1 aliphatic rings. The minimum Gasteiger partial charge on any atom is -0.619 e. The molecule has 0 spiro atoms. The van der Waals surface area contributed by atoms with Crippen LogP contribution in [-0.4, -0.2) is 23.9 Å². The first-order chi connectivity index (χ1) is 14.6. The number of benzene rings is 2. The van der Waals surface area contributed by atoms with Crippen LogP contribution in [0.1, 0.15) is 40.6 Å². The quantitative estimate of drug-likeness (QED) is 0.488. The van der Waals surface area contributed by atoms with Crippen LogP contribution in [-0.2, 0) is 17.6 Å². The SMILES string of the molecule is NC(=O)C1CN(CCc2ccc[n+]([O-])c2)C(CCc2ccccc2)c2ccccc21. The van der Waals surface area contributed by atoms with Gasteiger partial charge in [0.1, 0.15) is 0 Å². The van der Waals surface area contributed by atoms with E-state index in [0.29, 0.717) is 6.54 Å². The molecule has 2 aromatic carbocycles. The lowest BCUT2D eigenvalue weighted by Crippen LogP contribution is -2.43. The average molecular weight is 402 g/mol. The number of rotatable bonds is 7. The molecular weight excluding hydrogens is 374 g/mol. The molecule has 2 N–H and O–H groups in total. The third kappa shape index (κ3) is 4.52. The third-order valence-corrected chi connectivity index (χ3v) is 6.01. The first-order valence-electron chi connectivity index (χ1n) is 10.5. The van der Waals surface area contributed by atoms with Crippen molar-refractivity contribution in [2.24, 2.45) is 5.73 Å². The molecule has 1 amide bonds. The van der Waals surface area contributed by atoms with E-state index >= 15 is 0 Å². The Morgan fingerprint density at radius 1 is 0.967 bits per heavy atom. The number of aromatic nitrogens is 1. The van der Waals surface area contributed by atoms with Crippen molar-refractivity contribution in [3.05, 3.63) is 107 Å². The summed E-state index contributed by atoms with van der Waals surface area (Å²) in [4.78, 5) is 14.6. The first kappa shape index (κ1) is 20.1. The van der Waals surface area contributed by atoms with Crippen LogP contribution in [0.4, 0.5) is 0 Å². The van der Waals surface area contributed by atoms with Crippen molar-refractivity contribution in [2.75, 3.05) is 13.1 Å². The number of primary amides is 1. The minimum atomic E-state index is -0.311. The van der Waals surface area contributed by atoms with E-state index < -0.39 is 0 Å². The van der Waals surface area contributed by atoms with Crippen LogP contribution in [0.5, 0.6) is 0 Å². The largest absolute Gasteiger partial charge is 0.619 e. The van der Waals surface area contributed by atoms with Gasteiger partial charge in [0.25, 0.3) is 0 Å². The highest BCUT2D eigenvalue weighted by molar-refractivity contribution is 5.83. The van der Waals surface area contributed by atoms with Gasteiger partial charge in [0.05, 0.1) is 5.92 Å². The summed E-state index contributed by atoms with van der Waals surface area (Å²) in [5.41, 5.74) is 10.3. The number of nitrogens with two attached hydrogens (primary N) is 1. The fourth-order valence-corrected chi connectivity index (χ4v) is 4.49. The van der Waals surface area contributed by atoms with E-state index in [2.05, 4.69) is 35.2 Å². The highest BCUT2D eigenvalue weighted by Gasteiger charge is 2.35. The molecule has 0 saturated heterocycles. The molecule has 154 valence electrons. The van der Waals surface area contributed by atoms with Crippen molar-refractivity contribution in [3.63, 3.8) is 0 Å². The van der Waals surface area contributed by atoms with Gasteiger partial charge in [-0.3, -0.25) is 9.69 Å². The Morgan fingerprint density at radius 2 is 1.67 bits per heavy atom. The van der Waals surface area contributed by atoms with Crippen LogP contribution in [0.15, 0.2) is 79.1 Å². The molecule has 1 aliphatic heterocycles. The van der Waals surface area contributed by atoms with Gasteiger partial charge in [-0.25, -0.2) is 0 Å². The molecule has 1 aromatic heterocycles. The molecule has 0 fully saturated rings. The summed E-state index contributed by atoms with van der Waals surface area (Å²) >= 11 is 0. The lowest BCUT2D eigenvalue weighted by Gasteiger charge is -2.40. The van der Waals surface area contributed by atoms with Crippen molar-refractivity contribution < 1.29 is 9.52 Å². The Kier molecular flexibility index (Phi) is 6.10. The molecule has 3 aromatic rings. The second kappa shape index (κ2) is 9.09. The highest BCUT2D eigenvalue weighted by Crippen LogP contribution is 2.38. The predicted molar refractivity (Wildman–Crippen MR) is 117 cm³/mol. The lowest BCUT2D eigenvalue weighted by molar-refractivity contribution is -0.605. The number of nitrogens with zero attached hydrogens (tertiary/aromatic N) is 2. The van der Waals surface area contributed by atoms with Gasteiger partial charge in [0.15, 0.2) is 12.4 Å². The van der Waals surface area contributed by atoms with Crippen LogP contribution in [0.3, 0.4) is 0 Å². The summed E-state index contributed by atoms with van der Waals surface area (Å²) in [6, 6.07) is 22.6. The van der Waals surface area contributed by atoms with Gasteiger partial charge in [0, 0.05) is 30.8 Å². The van der Waals surface area contributed by atoms with Crippen LogP contribution in [0.25, 0.3) is 0 Å². The second-order valence-electron chi connectivity index (χ2n) is 7.94. The van der Waals surface area contributed by atoms with Crippen LogP contribution in [0, 0.1) is 5.21 Å². The second-order valence-corrected chi connectivity index (χ2v) is 7.94. The summed E-state index contributed by atoms with van der Waals surface area (Å²) in [5, 5.41) is 11.6. The topological polar surface area (TPSA) is 73.3 Å². The van der Waals surface area contributed by atoms with E-state index in [9.17, 15) is 10.0 Å². The fourth-order valence-electron chi connectivity index (χ4n) is 4.49. The Hall–Kier alpha value is -3.18. The number of amides is 1. The fraction of sp³-hybridized carbons (Fsp3) is 0.280. The van der Waals surface area contributed by atoms with Gasteiger partial charge in [-0.05, 0) is 42.0 Å². The first-order valence-corrected chi connectivity index (χ1v) is 10.5. The summed E-state index contributed by atoms with van der Waals surface area (Å²) in [7, 11) is 0. The Labute approximate surface area is 177 Å². The van der Waals surface area contributed by atoms with Gasteiger partial charge in [-0.1, -0.05) is 54.6 Å². The summed E-state index contributed by atoms with van der Waals surface area (Å²) in [6.45, 7) is 1.37. The maximum absolute atomic E-state index is 12.2. The molecule has 2 atom stereocenters. The molecular formula is C25H27N3O2. The van der Waals surface area contributed by atoms with E-state index in [-0.39, 0.29) is 17.9 Å². The van der Waals surface area contributed by atoms with Crippen molar-refractivity contribution in [1.82, 2.24) is 4.90 Å². The number of hydrogen-bond acceptors (Lipinski definition) is 3. The smallest absolute Gasteiger partial charge is 0.226 e. The number of fused-ring (bicyclic) bond motifs is 1. The molecule has 5 nitrogen and oxygen atoms in total. The van der Waals surface area contributed by atoms with E-state index in [4.69, 9.17) is 5.73 Å². The maximum atomic E-state index is 12.2. The molecule has 2 heterocycles. The summed E-state index contributed by atoms with van der Waals surface area (Å²) in [6.07, 6.45) is 5.78. The molecule has 0 radical (unpaired) electrons. The van der Waals surface area contributed by atoms with Gasteiger partial charge in [-0.2, -0.15) is 4.73 Å². The van der Waals surface area contributed by atoms with Crippen LogP contribution >= 0.6 is 0 Å². The van der Waals surface area contributed by atoms with Crippen molar-refractivity contribution in [2.45, 2.75) is 31.2 Å². The zero-order valence-electron chi connectivity index (χ0n) is 17.0. The maximum Gasteiger partial charge on any atom is 0.226 e. The number of carbonyl (C=O) groups is 1. The number of pyridine rings is 1. The van der Waals surface area contributed by atoms with E-state index in [0.717, 1.165) is 41.7 Å². The standard InChI is InChI=1S/C25H27N3O2/c26-25(29)23-18-27(16-14-20-9-6-15-28(30)17-20)24(22-11-5-4-10-21(22)23)13-12-19-7-2-1-3-8-19/h1-11,15,17,23-24H,12-14,16,18H2,(H2,26,29). The van der Waals surface area contributed by atoms with E-state index in [1.165, 1.54) is 17.3 Å². The third-order valence-electron chi connectivity index (χ3n) is 6.01. The van der Waals surface area contributed by atoms with Gasteiger partial charge in [0.2, 0.25) is 5.91 Å². The monoisotopic (exact) mass is 401 g/mol. The lowest BCUT2D eigenvalue weighted by atomic mass is 9.82. The summed E-state index contributed by atoms with van der Waals surface area (Å²) in [5.74, 6) is -0.597. The van der Waals surface area contributed by atoms with Crippen molar-refractivity contribution in [3.8, 4) is 0 Å². The molecule has 0 bridgehead atoms. The zero-order chi connectivity index (χ0) is 20.9. The van der Waals surface area contributed by atoms with E-state index in [1.807, 2.05) is 30.3 Å². The normalized spacial score (nSPS) is 18.7. The van der Waals surface area contributed by atoms with Crippen LogP contribution < -0.4 is 10.5 Å². The minimum absolute atomic E-state index is 0.208. The number of hydrogen-bond donors (Lipinski definition) is 1. The number of carbonyl (C=O) groups excluding carboxylic acids is 1. The van der Waals surface area contributed by atoms with Gasteiger partial charge < -0.3 is 10.9 Å². The Bertz CT molecular complexity index is 1010. The van der Waals surface area contributed by atoms with Gasteiger partial charge in [-0.15, -0.1) is 0 Å². The van der Waals surface area contributed by atoms with Crippen LogP contribution in [0.2, 0.25) is 0 Å². The Balaban J connectivity index is 1.59. The predicted octanol–water partition coefficient (Wildman–Crippen LogP) is 3.12. The zero-order valence-corrected chi connectivity index (χ0v) is 17.0. The number of aryl methyl sites for hydroxylation is 1. The molecule has 0 aliphatic carbocycles. The van der Waals surface area contributed by atoms with Crippen molar-refractivity contribution in [1.29, 1.82) is 0 Å².